The topological polar surface area (TPSA) is 0 Å². The number of unbranched alkanes of at least 4 members (excludes halogenated alkanes) is 13. The Morgan fingerprint density at radius 2 is 0.893 bits per heavy atom. The number of rotatable bonds is 19. The highest BCUT2D eigenvalue weighted by Gasteiger charge is 2.31. The van der Waals surface area contributed by atoms with Crippen LogP contribution in [0.4, 0.5) is 0 Å². The Balaban J connectivity index is 1.87. The predicted molar refractivity (Wildman–Crippen MR) is 128 cm³/mol. The van der Waals surface area contributed by atoms with Crippen molar-refractivity contribution < 1.29 is 4.48 Å². The maximum Gasteiger partial charge on any atom is 0.0789 e. The Bertz CT molecular complexity index is 308. The minimum Gasteiger partial charge on any atom is -0.324 e. The fourth-order valence-corrected chi connectivity index (χ4v) is 5.59. The van der Waals surface area contributed by atoms with Crippen LogP contribution in [0.2, 0.25) is 0 Å². The van der Waals surface area contributed by atoms with Gasteiger partial charge in [-0.1, -0.05) is 117 Å². The molecule has 28 heavy (non-hydrogen) atoms. The van der Waals surface area contributed by atoms with Crippen LogP contribution >= 0.6 is 0 Å². The number of nitrogens with zero attached hydrogens (tertiary/aromatic N) is 1. The minimum atomic E-state index is 1.05. The summed E-state index contributed by atoms with van der Waals surface area (Å²) in [5, 5.41) is 0. The zero-order valence-corrected chi connectivity index (χ0v) is 20.3. The van der Waals surface area contributed by atoms with Gasteiger partial charge in [0.1, 0.15) is 0 Å². The van der Waals surface area contributed by atoms with Crippen LogP contribution < -0.4 is 0 Å². The Labute approximate surface area is 179 Å². The molecule has 1 aliphatic rings. The van der Waals surface area contributed by atoms with Crippen molar-refractivity contribution in [2.75, 3.05) is 26.2 Å². The summed E-state index contributed by atoms with van der Waals surface area (Å²) in [4.78, 5) is 0. The van der Waals surface area contributed by atoms with Crippen LogP contribution in [0, 0.1) is 5.92 Å². The molecule has 1 rings (SSSR count). The van der Waals surface area contributed by atoms with Crippen molar-refractivity contribution in [3.8, 4) is 0 Å². The van der Waals surface area contributed by atoms with Gasteiger partial charge in [0.2, 0.25) is 0 Å². The third kappa shape index (κ3) is 12.5. The third-order valence-electron chi connectivity index (χ3n) is 7.39. The van der Waals surface area contributed by atoms with Gasteiger partial charge in [0.15, 0.2) is 0 Å². The third-order valence-corrected chi connectivity index (χ3v) is 7.39. The van der Waals surface area contributed by atoms with E-state index in [0.717, 1.165) is 5.92 Å². The standard InChI is InChI=1S/C27H56N/c1-4-7-8-9-10-11-12-13-14-15-16-17-18-19-20-27-21-25-28(23-5-2,24-6-3)26-22-27/h27H,4-26H2,1-3H3/q+1. The van der Waals surface area contributed by atoms with Gasteiger partial charge in [-0.25, -0.2) is 0 Å². The zero-order chi connectivity index (χ0) is 20.3. The van der Waals surface area contributed by atoms with Crippen LogP contribution in [0.15, 0.2) is 0 Å². The molecule has 1 saturated heterocycles. The van der Waals surface area contributed by atoms with Crippen LogP contribution in [0.25, 0.3) is 0 Å². The second-order valence-electron chi connectivity index (χ2n) is 10.1. The molecular weight excluding hydrogens is 338 g/mol. The Morgan fingerprint density at radius 1 is 0.500 bits per heavy atom. The van der Waals surface area contributed by atoms with Crippen molar-refractivity contribution in [1.82, 2.24) is 0 Å². The van der Waals surface area contributed by atoms with Crippen molar-refractivity contribution in [2.24, 2.45) is 5.92 Å². The SMILES string of the molecule is CCCCCCCCCCCCCCCCC1CC[N+](CCC)(CCC)CC1. The molecule has 0 unspecified atom stereocenters. The second-order valence-corrected chi connectivity index (χ2v) is 10.1. The largest absolute Gasteiger partial charge is 0.324 e. The summed E-state index contributed by atoms with van der Waals surface area (Å²) in [6.45, 7) is 12.9. The van der Waals surface area contributed by atoms with E-state index in [0.29, 0.717) is 0 Å². The van der Waals surface area contributed by atoms with Gasteiger partial charge in [-0.2, -0.15) is 0 Å². The first-order chi connectivity index (χ1) is 13.8. The number of hydrogen-bond donors (Lipinski definition) is 0. The van der Waals surface area contributed by atoms with Gasteiger partial charge in [-0.3, -0.25) is 0 Å². The first-order valence-electron chi connectivity index (χ1n) is 13.6. The Morgan fingerprint density at radius 3 is 1.29 bits per heavy atom. The average Bonchev–Trinajstić information content (AvgIpc) is 2.70. The molecule has 1 nitrogen and oxygen atoms in total. The predicted octanol–water partition coefficient (Wildman–Crippen LogP) is 8.90. The number of quaternary nitrogens is 1. The monoisotopic (exact) mass is 394 g/mol. The number of likely N-dealkylation sites (tertiary alicyclic amines) is 1. The molecule has 0 saturated carbocycles. The highest BCUT2D eigenvalue weighted by molar-refractivity contribution is 4.66. The molecule has 1 heteroatoms. The lowest BCUT2D eigenvalue weighted by atomic mass is 9.89. The molecule has 1 aliphatic heterocycles. The van der Waals surface area contributed by atoms with Crippen LogP contribution in [0.5, 0.6) is 0 Å². The van der Waals surface area contributed by atoms with E-state index in [1.165, 1.54) is 153 Å². The summed E-state index contributed by atoms with van der Waals surface area (Å²) < 4.78 is 1.45. The molecule has 0 aromatic rings. The van der Waals surface area contributed by atoms with E-state index in [4.69, 9.17) is 0 Å². The van der Waals surface area contributed by atoms with Gasteiger partial charge < -0.3 is 4.48 Å². The zero-order valence-electron chi connectivity index (χ0n) is 20.3. The van der Waals surface area contributed by atoms with E-state index in [1.54, 1.807) is 0 Å². The van der Waals surface area contributed by atoms with Crippen LogP contribution in [0.1, 0.15) is 143 Å². The van der Waals surface area contributed by atoms with Crippen molar-refractivity contribution in [2.45, 2.75) is 143 Å². The number of piperidine rings is 1. The van der Waals surface area contributed by atoms with Crippen LogP contribution in [-0.4, -0.2) is 30.7 Å². The maximum atomic E-state index is 2.37. The lowest BCUT2D eigenvalue weighted by Gasteiger charge is -2.44. The smallest absolute Gasteiger partial charge is 0.0789 e. The summed E-state index contributed by atoms with van der Waals surface area (Å²) in [5.74, 6) is 1.05. The summed E-state index contributed by atoms with van der Waals surface area (Å²) in [6.07, 6.45) is 28.0. The highest BCUT2D eigenvalue weighted by Crippen LogP contribution is 2.28. The molecule has 168 valence electrons. The Kier molecular flexibility index (Phi) is 16.5. The number of hydrogen-bond acceptors (Lipinski definition) is 0. The molecule has 0 radical (unpaired) electrons. The summed E-state index contributed by atoms with van der Waals surface area (Å²) in [7, 11) is 0. The van der Waals surface area contributed by atoms with E-state index in [9.17, 15) is 0 Å². The summed E-state index contributed by atoms with van der Waals surface area (Å²) in [6, 6.07) is 0. The van der Waals surface area contributed by atoms with Gasteiger partial charge in [-0.05, 0) is 31.6 Å². The molecule has 0 aliphatic carbocycles. The van der Waals surface area contributed by atoms with Crippen LogP contribution in [-0.2, 0) is 0 Å². The highest BCUT2D eigenvalue weighted by atomic mass is 15.4. The lowest BCUT2D eigenvalue weighted by molar-refractivity contribution is -0.933. The van der Waals surface area contributed by atoms with E-state index in [-0.39, 0.29) is 0 Å². The fraction of sp³-hybridized carbons (Fsp3) is 1.00. The van der Waals surface area contributed by atoms with Gasteiger partial charge in [-0.15, -0.1) is 0 Å². The quantitative estimate of drug-likeness (QED) is 0.151. The molecule has 0 atom stereocenters. The normalized spacial score (nSPS) is 17.2. The van der Waals surface area contributed by atoms with Crippen molar-refractivity contribution >= 4 is 0 Å². The molecular formula is C27H56N+. The van der Waals surface area contributed by atoms with Crippen molar-refractivity contribution in [3.05, 3.63) is 0 Å². The molecule has 0 bridgehead atoms. The maximum absolute atomic E-state index is 2.37. The van der Waals surface area contributed by atoms with Crippen molar-refractivity contribution in [1.29, 1.82) is 0 Å². The summed E-state index contributed by atoms with van der Waals surface area (Å²) >= 11 is 0. The van der Waals surface area contributed by atoms with E-state index < -0.39 is 0 Å². The van der Waals surface area contributed by atoms with Gasteiger partial charge in [0.05, 0.1) is 26.2 Å². The minimum absolute atomic E-state index is 1.05. The van der Waals surface area contributed by atoms with E-state index in [2.05, 4.69) is 20.8 Å². The molecule has 0 aromatic heterocycles. The van der Waals surface area contributed by atoms with E-state index >= 15 is 0 Å². The molecule has 0 N–H and O–H groups in total. The fourth-order valence-electron chi connectivity index (χ4n) is 5.59. The van der Waals surface area contributed by atoms with Gasteiger partial charge in [0, 0.05) is 0 Å². The first kappa shape index (κ1) is 26.0. The van der Waals surface area contributed by atoms with Crippen LogP contribution in [0.3, 0.4) is 0 Å². The molecule has 1 heterocycles. The molecule has 0 spiro atoms. The average molecular weight is 395 g/mol. The second kappa shape index (κ2) is 17.8. The first-order valence-corrected chi connectivity index (χ1v) is 13.6. The molecule has 0 aromatic carbocycles. The molecule has 0 amide bonds. The van der Waals surface area contributed by atoms with Crippen molar-refractivity contribution in [3.63, 3.8) is 0 Å². The summed E-state index contributed by atoms with van der Waals surface area (Å²) in [5.41, 5.74) is 0. The van der Waals surface area contributed by atoms with Gasteiger partial charge in [0.25, 0.3) is 0 Å². The molecule has 1 fully saturated rings. The van der Waals surface area contributed by atoms with E-state index in [1.807, 2.05) is 0 Å². The lowest BCUT2D eigenvalue weighted by Crippen LogP contribution is -2.53. The Hall–Kier alpha value is -0.0400. The van der Waals surface area contributed by atoms with Gasteiger partial charge >= 0.3 is 0 Å².